The van der Waals surface area contributed by atoms with Crippen molar-refractivity contribution >= 4 is 51.8 Å². The van der Waals surface area contributed by atoms with Crippen LogP contribution in [0.4, 0.5) is 0 Å². The van der Waals surface area contributed by atoms with E-state index in [4.69, 9.17) is 37.7 Å². The fourth-order valence-corrected chi connectivity index (χ4v) is 4.80. The molecule has 0 bridgehead atoms. The standard InChI is InChI=1S/C30H24Cl2N4O5/c1-2-40-30(39)22-17-21-27(33-25-10-6-7-14-35(25)29(21)38)36(15-13-19-8-4-3-5-9-19)28(22)34-26(37)18-41-24-12-11-20(31)16-23(24)32/h3-12,14,16-17H,2,13,15,18H2,1H3. The zero-order valence-electron chi connectivity index (χ0n) is 21.9. The molecule has 3 heterocycles. The number of carbonyl (C=O) groups excluding carboxylic acids is 2. The van der Waals surface area contributed by atoms with Crippen molar-refractivity contribution in [2.24, 2.45) is 4.99 Å². The van der Waals surface area contributed by atoms with Crippen LogP contribution in [0.3, 0.4) is 0 Å². The van der Waals surface area contributed by atoms with E-state index in [9.17, 15) is 14.4 Å². The van der Waals surface area contributed by atoms with Crippen LogP contribution in [0.1, 0.15) is 22.8 Å². The van der Waals surface area contributed by atoms with E-state index in [0.29, 0.717) is 17.1 Å². The molecule has 0 aliphatic carbocycles. The fourth-order valence-electron chi connectivity index (χ4n) is 4.34. The van der Waals surface area contributed by atoms with Crippen molar-refractivity contribution < 1.29 is 19.1 Å². The number of aryl methyl sites for hydroxylation is 2. The maximum Gasteiger partial charge on any atom is 0.341 e. The molecule has 0 saturated carbocycles. The molecule has 11 heteroatoms. The molecule has 0 saturated heterocycles. The molecular formula is C30H24Cl2N4O5. The van der Waals surface area contributed by atoms with Crippen molar-refractivity contribution in [1.29, 1.82) is 0 Å². The summed E-state index contributed by atoms with van der Waals surface area (Å²) >= 11 is 12.1. The van der Waals surface area contributed by atoms with Gasteiger partial charge in [-0.1, -0.05) is 59.6 Å². The van der Waals surface area contributed by atoms with Gasteiger partial charge >= 0.3 is 5.97 Å². The summed E-state index contributed by atoms with van der Waals surface area (Å²) in [5, 5.41) is 0.835. The molecule has 1 amide bonds. The second-order valence-corrected chi connectivity index (χ2v) is 9.79. The molecule has 3 aromatic heterocycles. The van der Waals surface area contributed by atoms with Gasteiger partial charge in [0.25, 0.3) is 11.5 Å². The third kappa shape index (κ3) is 6.16. The first-order chi connectivity index (χ1) is 19.9. The van der Waals surface area contributed by atoms with Crippen molar-refractivity contribution in [3.05, 3.63) is 116 Å². The third-order valence-corrected chi connectivity index (χ3v) is 6.76. The third-order valence-electron chi connectivity index (χ3n) is 6.23. The Morgan fingerprint density at radius 3 is 2.54 bits per heavy atom. The molecule has 0 spiro atoms. The lowest BCUT2D eigenvalue weighted by atomic mass is 10.1. The number of esters is 1. The van der Waals surface area contributed by atoms with E-state index in [1.165, 1.54) is 16.5 Å². The maximum atomic E-state index is 13.5. The van der Waals surface area contributed by atoms with Crippen LogP contribution in [-0.2, 0) is 22.5 Å². The normalized spacial score (nSPS) is 11.6. The highest BCUT2D eigenvalue weighted by Crippen LogP contribution is 2.27. The number of ether oxygens (including phenoxy) is 2. The molecule has 0 atom stereocenters. The molecule has 2 aromatic carbocycles. The molecule has 0 radical (unpaired) electrons. The van der Waals surface area contributed by atoms with E-state index < -0.39 is 18.5 Å². The van der Waals surface area contributed by atoms with Crippen molar-refractivity contribution in [3.8, 4) is 5.75 Å². The van der Waals surface area contributed by atoms with E-state index >= 15 is 0 Å². The lowest BCUT2D eigenvalue weighted by Gasteiger charge is -2.15. The molecule has 5 rings (SSSR count). The van der Waals surface area contributed by atoms with Crippen molar-refractivity contribution in [1.82, 2.24) is 14.0 Å². The largest absolute Gasteiger partial charge is 0.482 e. The molecule has 41 heavy (non-hydrogen) atoms. The van der Waals surface area contributed by atoms with Gasteiger partial charge in [0.1, 0.15) is 22.6 Å². The number of benzene rings is 2. The number of amides is 1. The molecule has 0 aliphatic heterocycles. The smallest absolute Gasteiger partial charge is 0.341 e. The highest BCUT2D eigenvalue weighted by molar-refractivity contribution is 6.35. The number of aromatic nitrogens is 3. The summed E-state index contributed by atoms with van der Waals surface area (Å²) < 4.78 is 13.9. The molecule has 0 fully saturated rings. The van der Waals surface area contributed by atoms with Crippen molar-refractivity contribution in [2.75, 3.05) is 13.2 Å². The summed E-state index contributed by atoms with van der Waals surface area (Å²) in [6.45, 7) is 1.55. The average Bonchev–Trinajstić information content (AvgIpc) is 2.97. The topological polar surface area (TPSA) is 104 Å². The van der Waals surface area contributed by atoms with Gasteiger partial charge in [-0.25, -0.2) is 9.78 Å². The van der Waals surface area contributed by atoms with Crippen LogP contribution in [0, 0.1) is 0 Å². The Bertz CT molecular complexity index is 1900. The highest BCUT2D eigenvalue weighted by Gasteiger charge is 2.20. The van der Waals surface area contributed by atoms with Crippen LogP contribution >= 0.6 is 23.2 Å². The summed E-state index contributed by atoms with van der Waals surface area (Å²) in [5.41, 5.74) is 1.28. The van der Waals surface area contributed by atoms with Gasteiger partial charge in [0, 0.05) is 17.8 Å². The minimum absolute atomic E-state index is 0.00913. The van der Waals surface area contributed by atoms with Gasteiger partial charge in [0.2, 0.25) is 0 Å². The van der Waals surface area contributed by atoms with E-state index in [0.717, 1.165) is 5.56 Å². The lowest BCUT2D eigenvalue weighted by Crippen LogP contribution is -2.33. The Kier molecular flexibility index (Phi) is 8.47. The predicted octanol–water partition coefficient (Wildman–Crippen LogP) is 4.88. The van der Waals surface area contributed by atoms with Crippen LogP contribution < -0.4 is 15.8 Å². The molecule has 0 aliphatic rings. The van der Waals surface area contributed by atoms with E-state index in [2.05, 4.69) is 4.99 Å². The summed E-state index contributed by atoms with van der Waals surface area (Å²) in [5.74, 6) is -1.16. The average molecular weight is 591 g/mol. The van der Waals surface area contributed by atoms with Gasteiger partial charge < -0.3 is 14.0 Å². The molecule has 208 valence electrons. The number of hydrogen-bond acceptors (Lipinski definition) is 6. The van der Waals surface area contributed by atoms with Crippen LogP contribution in [0.15, 0.2) is 88.8 Å². The first kappa shape index (κ1) is 28.1. The summed E-state index contributed by atoms with van der Waals surface area (Å²) in [6, 6.07) is 20.8. The van der Waals surface area contributed by atoms with Gasteiger partial charge in [-0.15, -0.1) is 0 Å². The fraction of sp³-hybridized carbons (Fsp3) is 0.167. The Balaban J connectivity index is 1.69. The second-order valence-electron chi connectivity index (χ2n) is 8.94. The Morgan fingerprint density at radius 2 is 1.78 bits per heavy atom. The Morgan fingerprint density at radius 1 is 1.00 bits per heavy atom. The van der Waals surface area contributed by atoms with Gasteiger partial charge in [-0.05, 0) is 55.3 Å². The van der Waals surface area contributed by atoms with E-state index in [-0.39, 0.29) is 51.6 Å². The van der Waals surface area contributed by atoms with Gasteiger partial charge in [-0.2, -0.15) is 4.99 Å². The summed E-state index contributed by atoms with van der Waals surface area (Å²) in [4.78, 5) is 48.8. The molecule has 0 unspecified atom stereocenters. The SMILES string of the molecule is CCOC(=O)c1cc2c(=O)n3ccccc3nc2n(CCc2ccccc2)c1=NC(=O)COc1ccc(Cl)cc1Cl. The number of rotatable bonds is 8. The Labute approximate surface area is 244 Å². The molecule has 5 aromatic rings. The van der Waals surface area contributed by atoms with E-state index in [1.54, 1.807) is 48.0 Å². The minimum Gasteiger partial charge on any atom is -0.482 e. The van der Waals surface area contributed by atoms with Crippen LogP contribution in [0.2, 0.25) is 10.0 Å². The van der Waals surface area contributed by atoms with Crippen molar-refractivity contribution in [2.45, 2.75) is 19.9 Å². The number of fused-ring (bicyclic) bond motifs is 2. The molecular weight excluding hydrogens is 567 g/mol. The van der Waals surface area contributed by atoms with Gasteiger partial charge in [0.05, 0.1) is 17.0 Å². The first-order valence-corrected chi connectivity index (χ1v) is 13.5. The van der Waals surface area contributed by atoms with Gasteiger partial charge in [0.15, 0.2) is 12.1 Å². The zero-order valence-corrected chi connectivity index (χ0v) is 23.4. The number of pyridine rings is 2. The molecule has 0 N–H and O–H groups in total. The van der Waals surface area contributed by atoms with E-state index in [1.807, 2.05) is 30.3 Å². The van der Waals surface area contributed by atoms with Crippen LogP contribution in [-0.4, -0.2) is 39.0 Å². The highest BCUT2D eigenvalue weighted by atomic mass is 35.5. The predicted molar refractivity (Wildman–Crippen MR) is 156 cm³/mol. The monoisotopic (exact) mass is 590 g/mol. The zero-order chi connectivity index (χ0) is 28.9. The second kappa shape index (κ2) is 12.4. The quantitative estimate of drug-likeness (QED) is 0.188. The first-order valence-electron chi connectivity index (χ1n) is 12.8. The van der Waals surface area contributed by atoms with Gasteiger partial charge in [-0.3, -0.25) is 14.0 Å². The van der Waals surface area contributed by atoms with Crippen LogP contribution in [0.25, 0.3) is 16.7 Å². The Hall–Kier alpha value is -4.47. The number of nitrogens with zero attached hydrogens (tertiary/aromatic N) is 4. The van der Waals surface area contributed by atoms with Crippen molar-refractivity contribution in [3.63, 3.8) is 0 Å². The molecule has 9 nitrogen and oxygen atoms in total. The summed E-state index contributed by atoms with van der Waals surface area (Å²) in [6.07, 6.45) is 2.11. The number of halogens is 2. The lowest BCUT2D eigenvalue weighted by molar-refractivity contribution is -0.120. The minimum atomic E-state index is -0.728. The summed E-state index contributed by atoms with van der Waals surface area (Å²) in [7, 11) is 0. The maximum absolute atomic E-state index is 13.5. The number of hydrogen-bond donors (Lipinski definition) is 0. The number of carbonyl (C=O) groups is 2. The van der Waals surface area contributed by atoms with Crippen LogP contribution in [0.5, 0.6) is 5.75 Å².